The van der Waals surface area contributed by atoms with Crippen molar-refractivity contribution in [3.05, 3.63) is 0 Å². The van der Waals surface area contributed by atoms with E-state index < -0.39 is 17.5 Å². The molecule has 0 heterocycles. The fraction of sp³-hybridized carbons (Fsp3) is 0.900. The highest BCUT2D eigenvalue weighted by molar-refractivity contribution is 5.72. The van der Waals surface area contributed by atoms with Crippen molar-refractivity contribution in [1.82, 2.24) is 5.32 Å². The van der Waals surface area contributed by atoms with Crippen LogP contribution in [0.4, 0.5) is 13.2 Å². The van der Waals surface area contributed by atoms with Crippen LogP contribution in [0.2, 0.25) is 0 Å². The van der Waals surface area contributed by atoms with E-state index in [0.717, 1.165) is 6.42 Å². The number of alkyl halides is 3. The number of amides is 1. The van der Waals surface area contributed by atoms with Crippen molar-refractivity contribution in [2.45, 2.75) is 45.2 Å². The summed E-state index contributed by atoms with van der Waals surface area (Å²) in [5, 5.41) is 2.30. The Morgan fingerprint density at radius 2 is 1.80 bits per heavy atom. The summed E-state index contributed by atoms with van der Waals surface area (Å²) in [5.74, 6) is -0.399. The van der Waals surface area contributed by atoms with Gasteiger partial charge in [-0.3, -0.25) is 4.79 Å². The molecule has 0 atom stereocenters. The largest absolute Gasteiger partial charge is 0.396 e. The summed E-state index contributed by atoms with van der Waals surface area (Å²) in [6, 6.07) is 0. The SMILES string of the molecule is CC(=O)NCC1(C(F)(F)F)CCCCC1. The highest BCUT2D eigenvalue weighted by atomic mass is 19.4. The molecule has 0 aromatic heterocycles. The van der Waals surface area contributed by atoms with Crippen molar-refractivity contribution in [3.63, 3.8) is 0 Å². The number of nitrogens with one attached hydrogen (secondary N) is 1. The van der Waals surface area contributed by atoms with E-state index in [0.29, 0.717) is 12.8 Å². The maximum Gasteiger partial charge on any atom is 0.396 e. The van der Waals surface area contributed by atoms with Gasteiger partial charge in [-0.15, -0.1) is 0 Å². The minimum atomic E-state index is -4.21. The molecule has 0 bridgehead atoms. The maximum absolute atomic E-state index is 12.9. The topological polar surface area (TPSA) is 29.1 Å². The first-order valence-electron chi connectivity index (χ1n) is 5.19. The van der Waals surface area contributed by atoms with Gasteiger partial charge in [0, 0.05) is 13.5 Å². The highest BCUT2D eigenvalue weighted by Crippen LogP contribution is 2.48. The monoisotopic (exact) mass is 223 g/mol. The van der Waals surface area contributed by atoms with Crippen LogP contribution in [0.5, 0.6) is 0 Å². The zero-order chi connectivity index (χ0) is 11.5. The third kappa shape index (κ3) is 2.86. The average Bonchev–Trinajstić information content (AvgIpc) is 2.14. The molecule has 2 nitrogen and oxygen atoms in total. The van der Waals surface area contributed by atoms with E-state index in [1.165, 1.54) is 6.92 Å². The van der Waals surface area contributed by atoms with E-state index in [4.69, 9.17) is 0 Å². The van der Waals surface area contributed by atoms with Crippen LogP contribution in [0.1, 0.15) is 39.0 Å². The van der Waals surface area contributed by atoms with Crippen LogP contribution in [0, 0.1) is 5.41 Å². The van der Waals surface area contributed by atoms with Gasteiger partial charge in [-0.05, 0) is 12.8 Å². The molecule has 0 aromatic rings. The minimum Gasteiger partial charge on any atom is -0.355 e. The van der Waals surface area contributed by atoms with Crippen LogP contribution < -0.4 is 5.32 Å². The van der Waals surface area contributed by atoms with Gasteiger partial charge in [0.2, 0.25) is 5.91 Å². The van der Waals surface area contributed by atoms with Gasteiger partial charge in [0.05, 0.1) is 5.41 Å². The van der Waals surface area contributed by atoms with Gasteiger partial charge in [-0.1, -0.05) is 19.3 Å². The second kappa shape index (κ2) is 4.41. The van der Waals surface area contributed by atoms with E-state index in [2.05, 4.69) is 5.32 Å². The summed E-state index contributed by atoms with van der Waals surface area (Å²) in [4.78, 5) is 10.7. The maximum atomic E-state index is 12.9. The van der Waals surface area contributed by atoms with Gasteiger partial charge in [0.25, 0.3) is 0 Å². The molecule has 1 aliphatic rings. The third-order valence-electron chi connectivity index (χ3n) is 3.09. The van der Waals surface area contributed by atoms with Crippen LogP contribution in [-0.4, -0.2) is 18.6 Å². The van der Waals surface area contributed by atoms with Crippen LogP contribution in [0.15, 0.2) is 0 Å². The zero-order valence-corrected chi connectivity index (χ0v) is 8.78. The normalized spacial score (nSPS) is 21.1. The molecule has 0 aromatic carbocycles. The summed E-state index contributed by atoms with van der Waals surface area (Å²) < 4.78 is 38.7. The van der Waals surface area contributed by atoms with Gasteiger partial charge in [0.1, 0.15) is 0 Å². The van der Waals surface area contributed by atoms with Crippen molar-refractivity contribution < 1.29 is 18.0 Å². The number of hydrogen-bond donors (Lipinski definition) is 1. The Bertz CT molecular complexity index is 231. The first-order valence-corrected chi connectivity index (χ1v) is 5.19. The van der Waals surface area contributed by atoms with Crippen LogP contribution in [0.3, 0.4) is 0 Å². The van der Waals surface area contributed by atoms with Crippen LogP contribution in [0.25, 0.3) is 0 Å². The molecule has 0 aliphatic heterocycles. The molecule has 0 radical (unpaired) electrons. The quantitative estimate of drug-likeness (QED) is 0.766. The van der Waals surface area contributed by atoms with Crippen molar-refractivity contribution >= 4 is 5.91 Å². The Hall–Kier alpha value is -0.740. The molecule has 0 saturated heterocycles. The number of rotatable bonds is 2. The van der Waals surface area contributed by atoms with E-state index in [-0.39, 0.29) is 19.4 Å². The summed E-state index contributed by atoms with van der Waals surface area (Å²) in [6.45, 7) is 0.971. The molecular weight excluding hydrogens is 207 g/mol. The van der Waals surface area contributed by atoms with Gasteiger partial charge in [-0.2, -0.15) is 13.2 Å². The summed E-state index contributed by atoms with van der Waals surface area (Å²) in [6.07, 6.45) is -1.89. The lowest BCUT2D eigenvalue weighted by molar-refractivity contribution is -0.232. The standard InChI is InChI=1S/C10H16F3NO/c1-8(15)14-7-9(10(11,12)13)5-3-2-4-6-9/h2-7H2,1H3,(H,14,15). The number of carbonyl (C=O) groups excluding carboxylic acids is 1. The molecule has 5 heteroatoms. The lowest BCUT2D eigenvalue weighted by Gasteiger charge is -2.38. The third-order valence-corrected chi connectivity index (χ3v) is 3.09. The molecule has 88 valence electrons. The lowest BCUT2D eigenvalue weighted by Crippen LogP contribution is -2.48. The van der Waals surface area contributed by atoms with E-state index in [9.17, 15) is 18.0 Å². The van der Waals surface area contributed by atoms with E-state index in [1.807, 2.05) is 0 Å². The van der Waals surface area contributed by atoms with Crippen LogP contribution in [-0.2, 0) is 4.79 Å². The minimum absolute atomic E-state index is 0.136. The molecule has 1 amide bonds. The number of halogens is 3. The van der Waals surface area contributed by atoms with Crippen molar-refractivity contribution in [3.8, 4) is 0 Å². The summed E-state index contributed by atoms with van der Waals surface area (Å²) >= 11 is 0. The Morgan fingerprint density at radius 1 is 1.27 bits per heavy atom. The molecule has 15 heavy (non-hydrogen) atoms. The Labute approximate surface area is 87.2 Å². The van der Waals surface area contributed by atoms with Crippen LogP contribution >= 0.6 is 0 Å². The fourth-order valence-electron chi connectivity index (χ4n) is 2.08. The second-order valence-corrected chi connectivity index (χ2v) is 4.25. The second-order valence-electron chi connectivity index (χ2n) is 4.25. The van der Waals surface area contributed by atoms with Crippen molar-refractivity contribution in [2.24, 2.45) is 5.41 Å². The first-order chi connectivity index (χ1) is 6.87. The van der Waals surface area contributed by atoms with Gasteiger partial charge >= 0.3 is 6.18 Å². The first kappa shape index (κ1) is 12.3. The molecule has 1 rings (SSSR count). The average molecular weight is 223 g/mol. The molecule has 0 spiro atoms. The molecule has 0 unspecified atom stereocenters. The number of hydrogen-bond acceptors (Lipinski definition) is 1. The summed E-state index contributed by atoms with van der Waals surface area (Å²) in [5.41, 5.74) is -1.68. The van der Waals surface area contributed by atoms with Crippen molar-refractivity contribution in [2.75, 3.05) is 6.54 Å². The summed E-state index contributed by atoms with van der Waals surface area (Å²) in [7, 11) is 0. The fourth-order valence-corrected chi connectivity index (χ4v) is 2.08. The Morgan fingerprint density at radius 3 is 2.20 bits per heavy atom. The molecule has 1 fully saturated rings. The smallest absolute Gasteiger partial charge is 0.355 e. The van der Waals surface area contributed by atoms with Gasteiger partial charge < -0.3 is 5.32 Å². The Balaban J connectivity index is 2.71. The Kier molecular flexibility index (Phi) is 3.62. The molecular formula is C10H16F3NO. The molecule has 1 N–H and O–H groups in total. The van der Waals surface area contributed by atoms with Crippen molar-refractivity contribution in [1.29, 1.82) is 0 Å². The zero-order valence-electron chi connectivity index (χ0n) is 8.78. The predicted octanol–water partition coefficient (Wildman–Crippen LogP) is 2.64. The van der Waals surface area contributed by atoms with Gasteiger partial charge in [-0.25, -0.2) is 0 Å². The highest BCUT2D eigenvalue weighted by Gasteiger charge is 2.54. The number of carbonyl (C=O) groups is 1. The lowest BCUT2D eigenvalue weighted by atomic mass is 9.73. The molecule has 1 aliphatic carbocycles. The predicted molar refractivity (Wildman–Crippen MR) is 50.3 cm³/mol. The van der Waals surface area contributed by atoms with E-state index in [1.54, 1.807) is 0 Å². The van der Waals surface area contributed by atoms with Gasteiger partial charge in [0.15, 0.2) is 0 Å². The van der Waals surface area contributed by atoms with E-state index >= 15 is 0 Å². The molecule has 1 saturated carbocycles.